The first-order chi connectivity index (χ1) is 11.1. The molecule has 1 aromatic rings. The van der Waals surface area contributed by atoms with Crippen LogP contribution in [0.3, 0.4) is 0 Å². The Bertz CT molecular complexity index is 513. The standard InChI is InChI=1S/C17H30N4O2/c1-11(2)21-17(19-16(20-21)10-23-3)12-7-8-15(22)14(9-12)18-13-5-4-6-13/h11-15,18,22H,4-10H2,1-3H3/t12-,14+,15+/m0/s1. The minimum Gasteiger partial charge on any atom is -0.392 e. The molecule has 6 nitrogen and oxygen atoms in total. The average molecular weight is 322 g/mol. The fraction of sp³-hybridized carbons (Fsp3) is 0.882. The van der Waals surface area contributed by atoms with E-state index < -0.39 is 0 Å². The number of nitrogens with zero attached hydrogens (tertiary/aromatic N) is 3. The van der Waals surface area contributed by atoms with Gasteiger partial charge in [-0.1, -0.05) is 6.42 Å². The van der Waals surface area contributed by atoms with Gasteiger partial charge in [-0.2, -0.15) is 5.10 Å². The van der Waals surface area contributed by atoms with Crippen molar-refractivity contribution in [1.29, 1.82) is 0 Å². The molecule has 2 aliphatic rings. The summed E-state index contributed by atoms with van der Waals surface area (Å²) in [5, 5.41) is 18.6. The van der Waals surface area contributed by atoms with Crippen LogP contribution < -0.4 is 5.32 Å². The fourth-order valence-electron chi connectivity index (χ4n) is 3.68. The van der Waals surface area contributed by atoms with E-state index in [1.54, 1.807) is 7.11 Å². The molecule has 3 rings (SSSR count). The van der Waals surface area contributed by atoms with Crippen LogP contribution in [0, 0.1) is 0 Å². The van der Waals surface area contributed by atoms with Crippen molar-refractivity contribution in [2.75, 3.05) is 7.11 Å². The number of hydrogen-bond donors (Lipinski definition) is 2. The number of rotatable bonds is 6. The molecule has 0 aromatic carbocycles. The molecule has 3 atom stereocenters. The maximum absolute atomic E-state index is 10.3. The first kappa shape index (κ1) is 16.9. The highest BCUT2D eigenvalue weighted by atomic mass is 16.5. The Kier molecular flexibility index (Phi) is 5.34. The van der Waals surface area contributed by atoms with E-state index in [0.29, 0.717) is 18.6 Å². The summed E-state index contributed by atoms with van der Waals surface area (Å²) in [6.45, 7) is 4.72. The molecule has 2 saturated carbocycles. The van der Waals surface area contributed by atoms with Gasteiger partial charge in [-0.3, -0.25) is 0 Å². The van der Waals surface area contributed by atoms with Crippen LogP contribution in [0.5, 0.6) is 0 Å². The number of methoxy groups -OCH3 is 1. The van der Waals surface area contributed by atoms with E-state index >= 15 is 0 Å². The van der Waals surface area contributed by atoms with Gasteiger partial charge < -0.3 is 15.2 Å². The van der Waals surface area contributed by atoms with E-state index in [4.69, 9.17) is 9.72 Å². The molecule has 0 aliphatic heterocycles. The van der Waals surface area contributed by atoms with Crippen molar-refractivity contribution in [3.05, 3.63) is 11.6 Å². The maximum atomic E-state index is 10.3. The van der Waals surface area contributed by atoms with Crippen LogP contribution in [0.25, 0.3) is 0 Å². The molecule has 0 bridgehead atoms. The summed E-state index contributed by atoms with van der Waals surface area (Å²) in [6.07, 6.45) is 6.31. The van der Waals surface area contributed by atoms with Gasteiger partial charge in [-0.25, -0.2) is 9.67 Å². The van der Waals surface area contributed by atoms with Gasteiger partial charge in [0.25, 0.3) is 0 Å². The zero-order chi connectivity index (χ0) is 16.4. The van der Waals surface area contributed by atoms with Gasteiger partial charge in [0.1, 0.15) is 12.4 Å². The Balaban J connectivity index is 1.74. The summed E-state index contributed by atoms with van der Waals surface area (Å²) >= 11 is 0. The molecule has 1 aromatic heterocycles. The van der Waals surface area contributed by atoms with Crippen LogP contribution in [-0.2, 0) is 11.3 Å². The monoisotopic (exact) mass is 322 g/mol. The number of aliphatic hydroxyl groups is 1. The van der Waals surface area contributed by atoms with E-state index in [0.717, 1.165) is 30.9 Å². The van der Waals surface area contributed by atoms with E-state index in [1.165, 1.54) is 19.3 Å². The van der Waals surface area contributed by atoms with Gasteiger partial charge in [0, 0.05) is 31.2 Å². The van der Waals surface area contributed by atoms with Gasteiger partial charge in [0.2, 0.25) is 0 Å². The van der Waals surface area contributed by atoms with E-state index in [-0.39, 0.29) is 18.2 Å². The Morgan fingerprint density at radius 3 is 2.70 bits per heavy atom. The average Bonchev–Trinajstić information content (AvgIpc) is 2.89. The molecule has 1 heterocycles. The molecule has 0 spiro atoms. The van der Waals surface area contributed by atoms with Crippen LogP contribution in [0.4, 0.5) is 0 Å². The quantitative estimate of drug-likeness (QED) is 0.839. The highest BCUT2D eigenvalue weighted by Crippen LogP contribution is 2.34. The molecule has 2 N–H and O–H groups in total. The summed E-state index contributed by atoms with van der Waals surface area (Å²) in [7, 11) is 1.67. The molecule has 2 fully saturated rings. The lowest BCUT2D eigenvalue weighted by Gasteiger charge is -2.38. The van der Waals surface area contributed by atoms with Crippen LogP contribution in [0.15, 0.2) is 0 Å². The predicted molar refractivity (Wildman–Crippen MR) is 88.3 cm³/mol. The summed E-state index contributed by atoms with van der Waals surface area (Å²) in [4.78, 5) is 4.74. The summed E-state index contributed by atoms with van der Waals surface area (Å²) in [5.74, 6) is 2.17. The van der Waals surface area contributed by atoms with Gasteiger partial charge in [-0.15, -0.1) is 0 Å². The number of aromatic nitrogens is 3. The maximum Gasteiger partial charge on any atom is 0.176 e. The topological polar surface area (TPSA) is 72.2 Å². The highest BCUT2D eigenvalue weighted by molar-refractivity contribution is 5.06. The number of ether oxygens (including phenoxy) is 1. The molecule has 2 aliphatic carbocycles. The molecule has 0 unspecified atom stereocenters. The lowest BCUT2D eigenvalue weighted by molar-refractivity contribution is 0.0686. The lowest BCUT2D eigenvalue weighted by atomic mass is 9.81. The molecule has 0 radical (unpaired) electrons. The van der Waals surface area contributed by atoms with Crippen molar-refractivity contribution in [1.82, 2.24) is 20.1 Å². The third-order valence-corrected chi connectivity index (χ3v) is 5.20. The van der Waals surface area contributed by atoms with Crippen molar-refractivity contribution in [3.63, 3.8) is 0 Å². The van der Waals surface area contributed by atoms with Crippen LogP contribution in [0.2, 0.25) is 0 Å². The minimum atomic E-state index is -0.235. The Labute approximate surface area is 138 Å². The zero-order valence-corrected chi connectivity index (χ0v) is 14.5. The Morgan fingerprint density at radius 2 is 2.09 bits per heavy atom. The lowest BCUT2D eigenvalue weighted by Crippen LogP contribution is -2.50. The van der Waals surface area contributed by atoms with Crippen LogP contribution in [-0.4, -0.2) is 45.2 Å². The second kappa shape index (κ2) is 7.28. The second-order valence-corrected chi connectivity index (χ2v) is 7.34. The number of nitrogens with one attached hydrogen (secondary N) is 1. The van der Waals surface area contributed by atoms with Crippen molar-refractivity contribution in [2.45, 2.75) is 89.1 Å². The van der Waals surface area contributed by atoms with E-state index in [2.05, 4.69) is 24.3 Å². The summed E-state index contributed by atoms with van der Waals surface area (Å²) in [6, 6.07) is 1.07. The fourth-order valence-corrected chi connectivity index (χ4v) is 3.68. The number of hydrogen-bond acceptors (Lipinski definition) is 5. The van der Waals surface area contributed by atoms with Gasteiger partial charge >= 0.3 is 0 Å². The summed E-state index contributed by atoms with van der Waals surface area (Å²) in [5.41, 5.74) is 0. The SMILES string of the molecule is COCc1nc([C@H]2CC[C@@H](O)[C@H](NC3CCC3)C2)n(C(C)C)n1. The third kappa shape index (κ3) is 3.75. The van der Waals surface area contributed by atoms with Crippen molar-refractivity contribution < 1.29 is 9.84 Å². The van der Waals surface area contributed by atoms with E-state index in [1.807, 2.05) is 4.68 Å². The first-order valence-corrected chi connectivity index (χ1v) is 8.96. The smallest absolute Gasteiger partial charge is 0.176 e. The molecule has 0 amide bonds. The molecule has 0 saturated heterocycles. The molecular weight excluding hydrogens is 292 g/mol. The van der Waals surface area contributed by atoms with Crippen LogP contribution in [0.1, 0.15) is 76.0 Å². The zero-order valence-electron chi connectivity index (χ0n) is 14.5. The molecular formula is C17H30N4O2. The van der Waals surface area contributed by atoms with Gasteiger partial charge in [0.05, 0.1) is 6.10 Å². The highest BCUT2D eigenvalue weighted by Gasteiger charge is 2.35. The number of aliphatic hydroxyl groups excluding tert-OH is 1. The van der Waals surface area contributed by atoms with Crippen LogP contribution >= 0.6 is 0 Å². The molecule has 23 heavy (non-hydrogen) atoms. The Morgan fingerprint density at radius 1 is 1.30 bits per heavy atom. The third-order valence-electron chi connectivity index (χ3n) is 5.20. The van der Waals surface area contributed by atoms with E-state index in [9.17, 15) is 5.11 Å². The largest absolute Gasteiger partial charge is 0.392 e. The first-order valence-electron chi connectivity index (χ1n) is 8.96. The van der Waals surface area contributed by atoms with Crippen molar-refractivity contribution >= 4 is 0 Å². The molecule has 130 valence electrons. The van der Waals surface area contributed by atoms with Gasteiger partial charge in [-0.05, 0) is 46.0 Å². The molecule has 6 heteroatoms. The second-order valence-electron chi connectivity index (χ2n) is 7.34. The van der Waals surface area contributed by atoms with Crippen molar-refractivity contribution in [2.24, 2.45) is 0 Å². The predicted octanol–water partition coefficient (Wildman–Crippen LogP) is 2.14. The normalized spacial score (nSPS) is 29.0. The summed E-state index contributed by atoms with van der Waals surface area (Å²) < 4.78 is 7.22. The Hall–Kier alpha value is -0.980. The van der Waals surface area contributed by atoms with Gasteiger partial charge in [0.15, 0.2) is 5.82 Å². The van der Waals surface area contributed by atoms with Crippen molar-refractivity contribution in [3.8, 4) is 0 Å². The minimum absolute atomic E-state index is 0.183.